The Labute approximate surface area is 128 Å². The van der Waals surface area contributed by atoms with E-state index in [0.29, 0.717) is 17.1 Å². The summed E-state index contributed by atoms with van der Waals surface area (Å²) in [7, 11) is 0. The molecule has 5 heteroatoms. The average Bonchev–Trinajstić information content (AvgIpc) is 3.30. The van der Waals surface area contributed by atoms with E-state index in [1.165, 1.54) is 31.7 Å². The van der Waals surface area contributed by atoms with Crippen molar-refractivity contribution < 1.29 is 13.5 Å². The Hall–Kier alpha value is -0.870. The van der Waals surface area contributed by atoms with Crippen LogP contribution >= 0.6 is 11.6 Å². The Morgan fingerprint density at radius 3 is 2.43 bits per heavy atom. The van der Waals surface area contributed by atoms with Gasteiger partial charge in [-0.15, -0.1) is 0 Å². The second-order valence-electron chi connectivity index (χ2n) is 6.10. The lowest BCUT2D eigenvalue weighted by Crippen LogP contribution is -2.25. The highest BCUT2D eigenvalue weighted by atomic mass is 35.5. The lowest BCUT2D eigenvalue weighted by molar-refractivity contribution is -0.0505. The van der Waals surface area contributed by atoms with Crippen LogP contribution in [0, 0.1) is 17.8 Å². The lowest BCUT2D eigenvalue weighted by Gasteiger charge is -2.17. The maximum atomic E-state index is 12.4. The molecule has 0 saturated heterocycles. The smallest absolute Gasteiger partial charge is 0.387 e. The lowest BCUT2D eigenvalue weighted by atomic mass is 9.98. The Morgan fingerprint density at radius 1 is 1.19 bits per heavy atom. The number of benzene rings is 1. The molecule has 2 aliphatic rings. The van der Waals surface area contributed by atoms with Crippen molar-refractivity contribution in [3.8, 4) is 5.75 Å². The molecule has 0 unspecified atom stereocenters. The molecule has 2 fully saturated rings. The third kappa shape index (κ3) is 4.30. The van der Waals surface area contributed by atoms with Crippen LogP contribution < -0.4 is 10.1 Å². The fourth-order valence-corrected chi connectivity index (χ4v) is 3.23. The number of nitrogens with one attached hydrogen (secondary N) is 1. The number of hydrogen-bond acceptors (Lipinski definition) is 2. The molecule has 0 amide bonds. The Balaban J connectivity index is 1.57. The molecule has 0 radical (unpaired) electrons. The Morgan fingerprint density at radius 2 is 1.86 bits per heavy atom. The van der Waals surface area contributed by atoms with Crippen molar-refractivity contribution >= 4 is 11.6 Å². The van der Waals surface area contributed by atoms with Gasteiger partial charge in [0, 0.05) is 17.1 Å². The summed E-state index contributed by atoms with van der Waals surface area (Å²) in [6, 6.07) is 4.76. The molecule has 2 saturated carbocycles. The van der Waals surface area contributed by atoms with E-state index in [1.807, 2.05) is 0 Å². The van der Waals surface area contributed by atoms with Crippen LogP contribution in [-0.4, -0.2) is 13.2 Å². The zero-order valence-corrected chi connectivity index (χ0v) is 12.6. The summed E-state index contributed by atoms with van der Waals surface area (Å²) in [6.07, 6.45) is 5.39. The minimum absolute atomic E-state index is 0.205. The standard InChI is InChI=1S/C16H20ClF2NO/c17-13-5-6-15(21-16(18)19)12(7-13)8-20-9-14(10-1-2-10)11-3-4-11/h5-7,10-11,14,16,20H,1-4,8-9H2. The van der Waals surface area contributed by atoms with Crippen LogP contribution in [0.5, 0.6) is 5.75 Å². The number of halogens is 3. The van der Waals surface area contributed by atoms with E-state index in [-0.39, 0.29) is 5.75 Å². The monoisotopic (exact) mass is 315 g/mol. The molecule has 1 N–H and O–H groups in total. The van der Waals surface area contributed by atoms with E-state index in [4.69, 9.17) is 11.6 Å². The highest BCUT2D eigenvalue weighted by molar-refractivity contribution is 6.30. The van der Waals surface area contributed by atoms with Gasteiger partial charge in [-0.1, -0.05) is 11.6 Å². The van der Waals surface area contributed by atoms with Gasteiger partial charge in [0.25, 0.3) is 0 Å². The summed E-state index contributed by atoms with van der Waals surface area (Å²) in [5.74, 6) is 2.71. The molecule has 0 bridgehead atoms. The van der Waals surface area contributed by atoms with Crippen LogP contribution in [0.15, 0.2) is 18.2 Å². The van der Waals surface area contributed by atoms with Crippen molar-refractivity contribution in [3.05, 3.63) is 28.8 Å². The number of hydrogen-bond donors (Lipinski definition) is 1. The van der Waals surface area contributed by atoms with E-state index < -0.39 is 6.61 Å². The zero-order chi connectivity index (χ0) is 14.8. The number of rotatable bonds is 8. The summed E-state index contributed by atoms with van der Waals surface area (Å²) >= 11 is 5.94. The van der Waals surface area contributed by atoms with Gasteiger partial charge in [-0.3, -0.25) is 0 Å². The van der Waals surface area contributed by atoms with Crippen molar-refractivity contribution in [3.63, 3.8) is 0 Å². The summed E-state index contributed by atoms with van der Waals surface area (Å²) in [5.41, 5.74) is 0.688. The largest absolute Gasteiger partial charge is 0.434 e. The van der Waals surface area contributed by atoms with Crippen molar-refractivity contribution in [1.82, 2.24) is 5.32 Å². The second kappa shape index (κ2) is 6.49. The van der Waals surface area contributed by atoms with Crippen molar-refractivity contribution in [2.45, 2.75) is 38.8 Å². The third-order valence-corrected chi connectivity index (χ3v) is 4.62. The quantitative estimate of drug-likeness (QED) is 0.764. The molecule has 116 valence electrons. The van der Waals surface area contributed by atoms with Gasteiger partial charge in [0.05, 0.1) is 0 Å². The van der Waals surface area contributed by atoms with E-state index in [2.05, 4.69) is 10.1 Å². The second-order valence-corrected chi connectivity index (χ2v) is 6.54. The molecular weight excluding hydrogens is 296 g/mol. The van der Waals surface area contributed by atoms with Crippen LogP contribution in [-0.2, 0) is 6.54 Å². The molecule has 0 aliphatic heterocycles. The fraction of sp³-hybridized carbons (Fsp3) is 0.625. The average molecular weight is 316 g/mol. The normalized spacial score (nSPS) is 18.5. The van der Waals surface area contributed by atoms with E-state index in [1.54, 1.807) is 12.1 Å². The van der Waals surface area contributed by atoms with Gasteiger partial charge in [0.2, 0.25) is 0 Å². The minimum atomic E-state index is -2.81. The summed E-state index contributed by atoms with van der Waals surface area (Å²) in [6.45, 7) is -1.34. The van der Waals surface area contributed by atoms with Crippen molar-refractivity contribution in [1.29, 1.82) is 0 Å². The minimum Gasteiger partial charge on any atom is -0.434 e. The SMILES string of the molecule is FC(F)Oc1ccc(Cl)cc1CNCC(C1CC1)C1CC1. The predicted molar refractivity (Wildman–Crippen MR) is 78.7 cm³/mol. The first-order chi connectivity index (χ1) is 10.1. The van der Waals surface area contributed by atoms with Gasteiger partial charge < -0.3 is 10.1 Å². The third-order valence-electron chi connectivity index (χ3n) is 4.39. The number of ether oxygens (including phenoxy) is 1. The molecular formula is C16H20ClF2NO. The topological polar surface area (TPSA) is 21.3 Å². The molecule has 2 aliphatic carbocycles. The summed E-state index contributed by atoms with van der Waals surface area (Å²) in [4.78, 5) is 0. The zero-order valence-electron chi connectivity index (χ0n) is 11.8. The van der Waals surface area contributed by atoms with Crippen LogP contribution in [0.25, 0.3) is 0 Å². The van der Waals surface area contributed by atoms with Gasteiger partial charge in [-0.25, -0.2) is 0 Å². The van der Waals surface area contributed by atoms with E-state index in [9.17, 15) is 8.78 Å². The highest BCUT2D eigenvalue weighted by Gasteiger charge is 2.40. The Kier molecular flexibility index (Phi) is 4.65. The molecule has 2 nitrogen and oxygen atoms in total. The Bertz CT molecular complexity index is 477. The van der Waals surface area contributed by atoms with E-state index >= 15 is 0 Å². The highest BCUT2D eigenvalue weighted by Crippen LogP contribution is 2.48. The molecule has 1 aromatic rings. The van der Waals surface area contributed by atoms with Crippen molar-refractivity contribution in [2.24, 2.45) is 17.8 Å². The summed E-state index contributed by atoms with van der Waals surface area (Å²) < 4.78 is 29.4. The first-order valence-electron chi connectivity index (χ1n) is 7.57. The predicted octanol–water partition coefficient (Wildman–Crippen LogP) is 4.47. The molecule has 0 spiro atoms. The van der Waals surface area contributed by atoms with Gasteiger partial charge in [-0.05, 0) is 68.2 Å². The molecule has 1 aromatic carbocycles. The first kappa shape index (κ1) is 15.0. The van der Waals surface area contributed by atoms with Gasteiger partial charge in [0.15, 0.2) is 0 Å². The van der Waals surface area contributed by atoms with Crippen LogP contribution in [0.1, 0.15) is 31.2 Å². The molecule has 0 aromatic heterocycles. The summed E-state index contributed by atoms with van der Waals surface area (Å²) in [5, 5.41) is 3.94. The van der Waals surface area contributed by atoms with Crippen LogP contribution in [0.3, 0.4) is 0 Å². The molecule has 0 heterocycles. The fourth-order valence-electron chi connectivity index (χ4n) is 3.04. The van der Waals surface area contributed by atoms with Crippen molar-refractivity contribution in [2.75, 3.05) is 6.54 Å². The van der Waals surface area contributed by atoms with Gasteiger partial charge in [-0.2, -0.15) is 8.78 Å². The molecule has 3 rings (SSSR count). The maximum Gasteiger partial charge on any atom is 0.387 e. The first-order valence-corrected chi connectivity index (χ1v) is 7.95. The number of alkyl halides is 2. The molecule has 21 heavy (non-hydrogen) atoms. The van der Waals surface area contributed by atoms with Crippen LogP contribution in [0.2, 0.25) is 5.02 Å². The van der Waals surface area contributed by atoms with Gasteiger partial charge >= 0.3 is 6.61 Å². The van der Waals surface area contributed by atoms with E-state index in [0.717, 1.165) is 24.3 Å². The van der Waals surface area contributed by atoms with Crippen LogP contribution in [0.4, 0.5) is 8.78 Å². The van der Waals surface area contributed by atoms with Gasteiger partial charge in [0.1, 0.15) is 5.75 Å². The molecule has 0 atom stereocenters. The maximum absolute atomic E-state index is 12.4.